The van der Waals surface area contributed by atoms with Crippen LogP contribution < -0.4 is 0 Å². The smallest absolute Gasteiger partial charge is 0.129 e. The summed E-state index contributed by atoms with van der Waals surface area (Å²) in [5, 5.41) is 13.0. The largest absolute Gasteiger partial charge is 0.632 e. The molecule has 3 nitrogen and oxygen atoms in total. The van der Waals surface area contributed by atoms with Crippen molar-refractivity contribution in [2.45, 2.75) is 35.6 Å². The highest BCUT2D eigenvalue weighted by Crippen LogP contribution is 2.44. The van der Waals surface area contributed by atoms with E-state index in [9.17, 15) is 9.42 Å². The molecule has 1 aliphatic rings. The predicted octanol–water partition coefficient (Wildman–Crippen LogP) is 3.64. The molecule has 0 aromatic heterocycles. The third-order valence-electron chi connectivity index (χ3n) is 4.74. The Kier molecular flexibility index (Phi) is 4.17. The maximum absolute atomic E-state index is 13.1. The number of hydrogen-bond acceptors (Lipinski definition) is 2. The van der Waals surface area contributed by atoms with Crippen LogP contribution in [0.15, 0.2) is 65.6 Å². The van der Waals surface area contributed by atoms with Gasteiger partial charge in [-0.25, -0.2) is 0 Å². The van der Waals surface area contributed by atoms with Gasteiger partial charge in [0.25, 0.3) is 0 Å². The molecule has 2 aromatic carbocycles. The molecule has 0 bridgehead atoms. The zero-order valence-corrected chi connectivity index (χ0v) is 13.7. The molecule has 1 aliphatic heterocycles. The zero-order valence-electron chi connectivity index (χ0n) is 12.9. The number of likely N-dealkylation sites (tertiary alicyclic amines) is 1. The lowest BCUT2D eigenvalue weighted by atomic mass is 10.0. The standard InChI is InChI=1S/C18H21NO2S/c1-14-13-17(22(21)16-11-7-4-8-12-16)18(19(14,2)20)15-9-5-3-6-10-15/h3-12,14,17-18H,13H2,1-2H3/t14-,17-,18-,19-,22?/m0/s1. The Morgan fingerprint density at radius 2 is 1.59 bits per heavy atom. The van der Waals surface area contributed by atoms with Crippen LogP contribution in [-0.2, 0) is 10.8 Å². The lowest BCUT2D eigenvalue weighted by Crippen LogP contribution is -2.44. The molecule has 0 amide bonds. The van der Waals surface area contributed by atoms with Gasteiger partial charge in [-0.05, 0) is 19.1 Å². The number of nitrogens with zero attached hydrogens (tertiary/aromatic N) is 1. The maximum atomic E-state index is 13.1. The fraction of sp³-hybridized carbons (Fsp3) is 0.333. The van der Waals surface area contributed by atoms with Gasteiger partial charge in [-0.3, -0.25) is 4.21 Å². The molecule has 1 unspecified atom stereocenters. The molecule has 2 aromatic rings. The van der Waals surface area contributed by atoms with Crippen molar-refractivity contribution in [3.8, 4) is 0 Å². The van der Waals surface area contributed by atoms with Crippen LogP contribution in [0.4, 0.5) is 0 Å². The summed E-state index contributed by atoms with van der Waals surface area (Å²) in [5.41, 5.74) is 0.985. The number of hydrogen-bond donors (Lipinski definition) is 0. The third-order valence-corrected chi connectivity index (χ3v) is 6.48. The number of rotatable bonds is 3. The van der Waals surface area contributed by atoms with E-state index >= 15 is 0 Å². The van der Waals surface area contributed by atoms with E-state index in [1.54, 1.807) is 7.05 Å². The van der Waals surface area contributed by atoms with Crippen LogP contribution >= 0.6 is 0 Å². The molecular weight excluding hydrogens is 294 g/mol. The Bertz CT molecular complexity index is 657. The Morgan fingerprint density at radius 3 is 2.18 bits per heavy atom. The summed E-state index contributed by atoms with van der Waals surface area (Å²) in [6, 6.07) is 18.9. The van der Waals surface area contributed by atoms with Crippen LogP contribution in [0.5, 0.6) is 0 Å². The minimum Gasteiger partial charge on any atom is -0.632 e. The molecule has 0 spiro atoms. The topological polar surface area (TPSA) is 40.1 Å². The lowest BCUT2D eigenvalue weighted by molar-refractivity contribution is -0.900. The van der Waals surface area contributed by atoms with Gasteiger partial charge >= 0.3 is 0 Å². The molecule has 1 saturated heterocycles. The Morgan fingerprint density at radius 1 is 1.05 bits per heavy atom. The summed E-state index contributed by atoms with van der Waals surface area (Å²) in [4.78, 5) is 0.808. The lowest BCUT2D eigenvalue weighted by Gasteiger charge is -2.45. The van der Waals surface area contributed by atoms with Crippen LogP contribution in [0.1, 0.15) is 24.9 Å². The summed E-state index contributed by atoms with van der Waals surface area (Å²) < 4.78 is 12.7. The molecule has 0 aliphatic carbocycles. The van der Waals surface area contributed by atoms with Crippen molar-refractivity contribution in [3.63, 3.8) is 0 Å². The van der Waals surface area contributed by atoms with E-state index in [4.69, 9.17) is 0 Å². The summed E-state index contributed by atoms with van der Waals surface area (Å²) in [6.07, 6.45) is 0.682. The third kappa shape index (κ3) is 2.62. The summed E-state index contributed by atoms with van der Waals surface area (Å²) in [6.45, 7) is 1.96. The molecule has 22 heavy (non-hydrogen) atoms. The van der Waals surface area contributed by atoms with Crippen molar-refractivity contribution >= 4 is 10.8 Å². The second-order valence-corrected chi connectivity index (χ2v) is 7.82. The molecule has 5 atom stereocenters. The number of hydroxylamine groups is 3. The molecule has 1 fully saturated rings. The van der Waals surface area contributed by atoms with Crippen LogP contribution in [0, 0.1) is 5.21 Å². The highest BCUT2D eigenvalue weighted by atomic mass is 32.2. The molecule has 0 N–H and O–H groups in total. The average molecular weight is 315 g/mol. The minimum absolute atomic E-state index is 0.0529. The predicted molar refractivity (Wildman–Crippen MR) is 89.5 cm³/mol. The van der Waals surface area contributed by atoms with Gasteiger partial charge in [-0.1, -0.05) is 48.5 Å². The minimum atomic E-state index is -1.17. The Labute approximate surface area is 134 Å². The van der Waals surface area contributed by atoms with Crippen LogP contribution in [-0.4, -0.2) is 27.2 Å². The van der Waals surface area contributed by atoms with E-state index in [0.29, 0.717) is 6.42 Å². The van der Waals surface area contributed by atoms with Gasteiger partial charge in [-0.2, -0.15) is 0 Å². The van der Waals surface area contributed by atoms with E-state index in [-0.39, 0.29) is 22.0 Å². The van der Waals surface area contributed by atoms with E-state index < -0.39 is 10.8 Å². The average Bonchev–Trinajstić information content (AvgIpc) is 2.78. The highest BCUT2D eigenvalue weighted by Gasteiger charge is 2.49. The van der Waals surface area contributed by atoms with Crippen molar-refractivity contribution < 1.29 is 8.86 Å². The number of benzene rings is 2. The summed E-state index contributed by atoms with van der Waals surface area (Å²) in [5.74, 6) is 0. The van der Waals surface area contributed by atoms with Gasteiger partial charge in [0, 0.05) is 16.9 Å². The Hall–Kier alpha value is -1.49. The van der Waals surface area contributed by atoms with Gasteiger partial charge in [0.2, 0.25) is 0 Å². The molecule has 4 heteroatoms. The Balaban J connectivity index is 2.01. The van der Waals surface area contributed by atoms with E-state index in [2.05, 4.69) is 0 Å². The van der Waals surface area contributed by atoms with Crippen molar-refractivity contribution in [2.75, 3.05) is 7.05 Å². The second kappa shape index (κ2) is 5.95. The fourth-order valence-corrected chi connectivity index (χ4v) is 5.23. The highest BCUT2D eigenvalue weighted by molar-refractivity contribution is 7.85. The molecule has 3 rings (SSSR count). The first kappa shape index (κ1) is 15.4. The zero-order chi connectivity index (χ0) is 15.7. The van der Waals surface area contributed by atoms with Crippen molar-refractivity contribution in [1.82, 2.24) is 0 Å². The monoisotopic (exact) mass is 315 g/mol. The molecule has 0 saturated carbocycles. The number of quaternary nitrogens is 1. The van der Waals surface area contributed by atoms with E-state index in [0.717, 1.165) is 10.5 Å². The fourth-order valence-electron chi connectivity index (χ4n) is 3.37. The van der Waals surface area contributed by atoms with Crippen molar-refractivity contribution in [1.29, 1.82) is 0 Å². The van der Waals surface area contributed by atoms with Crippen molar-refractivity contribution in [2.24, 2.45) is 0 Å². The van der Waals surface area contributed by atoms with Gasteiger partial charge in [0.1, 0.15) is 11.3 Å². The van der Waals surface area contributed by atoms with E-state index in [1.165, 1.54) is 0 Å². The van der Waals surface area contributed by atoms with Gasteiger partial charge in [0.05, 0.1) is 23.9 Å². The van der Waals surface area contributed by atoms with Gasteiger partial charge in [-0.15, -0.1) is 0 Å². The van der Waals surface area contributed by atoms with E-state index in [1.807, 2.05) is 67.6 Å². The summed E-state index contributed by atoms with van der Waals surface area (Å²) >= 11 is 0. The van der Waals surface area contributed by atoms with Crippen LogP contribution in [0.3, 0.4) is 0 Å². The van der Waals surface area contributed by atoms with Gasteiger partial charge in [0.15, 0.2) is 0 Å². The first-order valence-corrected chi connectivity index (χ1v) is 8.80. The molecule has 1 heterocycles. The molecular formula is C18H21NO2S. The molecule has 0 radical (unpaired) electrons. The quantitative estimate of drug-likeness (QED) is 0.641. The first-order valence-electron chi connectivity index (χ1n) is 7.59. The maximum Gasteiger partial charge on any atom is 0.129 e. The van der Waals surface area contributed by atoms with Crippen molar-refractivity contribution in [3.05, 3.63) is 71.4 Å². The SMILES string of the molecule is C[C@H]1C[C@H](S(=O)c2ccccc2)[C@H](c2ccccc2)[N@@+]1(C)[O-]. The normalized spacial score (nSPS) is 32.8. The van der Waals surface area contributed by atoms with Crippen LogP contribution in [0.2, 0.25) is 0 Å². The van der Waals surface area contributed by atoms with Crippen LogP contribution in [0.25, 0.3) is 0 Å². The molecule has 116 valence electrons. The first-order chi connectivity index (χ1) is 10.5. The second-order valence-electron chi connectivity index (χ2n) is 6.15. The summed E-state index contributed by atoms with van der Waals surface area (Å²) in [7, 11) is 0.541. The van der Waals surface area contributed by atoms with Gasteiger partial charge < -0.3 is 9.85 Å².